The zero-order chi connectivity index (χ0) is 23.0. The minimum Gasteiger partial charge on any atom is -0.382 e. The summed E-state index contributed by atoms with van der Waals surface area (Å²) < 4.78 is 5.30. The number of aryl methyl sites for hydroxylation is 1. The molecule has 1 aliphatic rings. The molecule has 3 aromatic rings. The number of fused-ring (bicyclic) bond motifs is 1. The molecular formula is C23H26ClN5O3. The number of H-pyrrole nitrogens is 1. The summed E-state index contributed by atoms with van der Waals surface area (Å²) in [6.45, 7) is 6.65. The number of carbonyl (C=O) groups is 2. The van der Waals surface area contributed by atoms with Crippen molar-refractivity contribution in [3.05, 3.63) is 58.4 Å². The number of nitrogens with zero attached hydrogens (tertiary/aromatic N) is 2. The smallest absolute Gasteiger partial charge is 0.322 e. The fourth-order valence-electron chi connectivity index (χ4n) is 3.92. The third kappa shape index (κ3) is 4.42. The molecule has 32 heavy (non-hydrogen) atoms. The number of ether oxygens (including phenoxy) is 1. The molecule has 0 spiro atoms. The molecule has 1 atom stereocenters. The van der Waals surface area contributed by atoms with Crippen molar-refractivity contribution in [2.24, 2.45) is 0 Å². The van der Waals surface area contributed by atoms with Crippen LogP contribution in [0.5, 0.6) is 0 Å². The lowest BCUT2D eigenvalue weighted by Gasteiger charge is -2.20. The summed E-state index contributed by atoms with van der Waals surface area (Å²) in [4.78, 5) is 34.8. The maximum absolute atomic E-state index is 13.0. The lowest BCUT2D eigenvalue weighted by Crippen LogP contribution is -2.36. The molecule has 4 rings (SSSR count). The van der Waals surface area contributed by atoms with Gasteiger partial charge in [0, 0.05) is 23.4 Å². The fourth-order valence-corrected chi connectivity index (χ4v) is 4.08. The van der Waals surface area contributed by atoms with Crippen LogP contribution < -0.4 is 15.5 Å². The molecule has 0 saturated carbocycles. The number of urea groups is 1. The molecule has 0 bridgehead atoms. The summed E-state index contributed by atoms with van der Waals surface area (Å²) in [7, 11) is 1.57. The van der Waals surface area contributed by atoms with E-state index in [1.165, 1.54) is 0 Å². The Labute approximate surface area is 191 Å². The molecule has 1 saturated heterocycles. The third-order valence-electron chi connectivity index (χ3n) is 5.43. The van der Waals surface area contributed by atoms with Gasteiger partial charge in [0.1, 0.15) is 11.9 Å². The van der Waals surface area contributed by atoms with E-state index in [0.717, 1.165) is 22.3 Å². The number of nitrogens with one attached hydrogen (secondary N) is 3. The molecule has 1 aromatic heterocycles. The van der Waals surface area contributed by atoms with Gasteiger partial charge in [0.15, 0.2) is 0 Å². The van der Waals surface area contributed by atoms with Crippen LogP contribution in [0.25, 0.3) is 11.0 Å². The van der Waals surface area contributed by atoms with Crippen molar-refractivity contribution in [1.82, 2.24) is 20.6 Å². The Morgan fingerprint density at radius 3 is 2.75 bits per heavy atom. The Balaban J connectivity index is 1.54. The third-order valence-corrected chi connectivity index (χ3v) is 5.66. The van der Waals surface area contributed by atoms with Crippen LogP contribution in [-0.2, 0) is 4.74 Å². The Kier molecular flexibility index (Phi) is 5.83. The Bertz CT molecular complexity index is 1190. The quantitative estimate of drug-likeness (QED) is 0.524. The second-order valence-electron chi connectivity index (χ2n) is 8.67. The van der Waals surface area contributed by atoms with Gasteiger partial charge in [0.2, 0.25) is 0 Å². The lowest BCUT2D eigenvalue weighted by molar-refractivity contribution is 0.0892. The number of aromatic nitrogens is 2. The second-order valence-corrected chi connectivity index (χ2v) is 9.10. The summed E-state index contributed by atoms with van der Waals surface area (Å²) in [5, 5.41) is 6.53. The number of anilines is 1. The van der Waals surface area contributed by atoms with Crippen LogP contribution in [0.2, 0.25) is 5.02 Å². The number of benzene rings is 2. The van der Waals surface area contributed by atoms with Gasteiger partial charge in [-0.2, -0.15) is 0 Å². The van der Waals surface area contributed by atoms with E-state index in [4.69, 9.17) is 16.3 Å². The Hall–Kier alpha value is -3.10. The van der Waals surface area contributed by atoms with Crippen LogP contribution in [0, 0.1) is 6.92 Å². The van der Waals surface area contributed by atoms with Crippen molar-refractivity contribution < 1.29 is 14.3 Å². The van der Waals surface area contributed by atoms with Gasteiger partial charge in [-0.15, -0.1) is 0 Å². The van der Waals surface area contributed by atoms with Crippen LogP contribution in [0.4, 0.5) is 10.5 Å². The number of halogens is 1. The van der Waals surface area contributed by atoms with Crippen LogP contribution in [-0.4, -0.2) is 47.7 Å². The zero-order valence-corrected chi connectivity index (χ0v) is 19.2. The van der Waals surface area contributed by atoms with E-state index in [1.807, 2.05) is 26.8 Å². The van der Waals surface area contributed by atoms with Crippen LogP contribution in [0.15, 0.2) is 36.4 Å². The van der Waals surface area contributed by atoms with Gasteiger partial charge in [0.25, 0.3) is 5.91 Å². The molecule has 2 aromatic carbocycles. The summed E-state index contributed by atoms with van der Waals surface area (Å²) in [6.07, 6.45) is 0. The van der Waals surface area contributed by atoms with E-state index in [0.29, 0.717) is 23.0 Å². The molecule has 0 aliphatic carbocycles. The summed E-state index contributed by atoms with van der Waals surface area (Å²) in [5.41, 5.74) is 3.36. The first-order valence-electron chi connectivity index (χ1n) is 10.3. The maximum atomic E-state index is 13.0. The minimum absolute atomic E-state index is 0.138. The fraction of sp³-hybridized carbons (Fsp3) is 0.348. The van der Waals surface area contributed by atoms with E-state index < -0.39 is 6.04 Å². The molecular weight excluding hydrogens is 430 g/mol. The first-order valence-corrected chi connectivity index (χ1v) is 10.7. The van der Waals surface area contributed by atoms with Crippen molar-refractivity contribution in [3.8, 4) is 0 Å². The summed E-state index contributed by atoms with van der Waals surface area (Å²) in [5.74, 6) is 0.327. The predicted molar refractivity (Wildman–Crippen MR) is 124 cm³/mol. The second kappa shape index (κ2) is 8.44. The van der Waals surface area contributed by atoms with Gasteiger partial charge >= 0.3 is 6.03 Å². The number of hydrogen-bond acceptors (Lipinski definition) is 4. The van der Waals surface area contributed by atoms with Gasteiger partial charge in [0.05, 0.1) is 29.7 Å². The van der Waals surface area contributed by atoms with E-state index in [9.17, 15) is 9.59 Å². The number of imidazole rings is 1. The highest BCUT2D eigenvalue weighted by Crippen LogP contribution is 2.27. The molecule has 168 valence electrons. The number of methoxy groups -OCH3 is 1. The maximum Gasteiger partial charge on any atom is 0.322 e. The first kappa shape index (κ1) is 22.1. The van der Waals surface area contributed by atoms with Gasteiger partial charge in [-0.3, -0.25) is 9.69 Å². The molecule has 3 N–H and O–H groups in total. The topological polar surface area (TPSA) is 99.3 Å². The number of carbonyl (C=O) groups excluding carboxylic acids is 2. The van der Waals surface area contributed by atoms with E-state index in [1.54, 1.807) is 42.3 Å². The largest absolute Gasteiger partial charge is 0.382 e. The first-order chi connectivity index (χ1) is 15.2. The molecule has 2 heterocycles. The highest BCUT2D eigenvalue weighted by Gasteiger charge is 2.36. The summed E-state index contributed by atoms with van der Waals surface area (Å²) in [6, 6.07) is 10.1. The summed E-state index contributed by atoms with van der Waals surface area (Å²) >= 11 is 6.06. The van der Waals surface area contributed by atoms with Gasteiger partial charge in [-0.25, -0.2) is 9.78 Å². The molecule has 9 heteroatoms. The highest BCUT2D eigenvalue weighted by atomic mass is 35.5. The van der Waals surface area contributed by atoms with Crippen molar-refractivity contribution in [3.63, 3.8) is 0 Å². The monoisotopic (exact) mass is 455 g/mol. The predicted octanol–water partition coefficient (Wildman–Crippen LogP) is 3.95. The average molecular weight is 456 g/mol. The number of aromatic amines is 1. The molecule has 1 fully saturated rings. The average Bonchev–Trinajstić information content (AvgIpc) is 3.26. The van der Waals surface area contributed by atoms with Crippen molar-refractivity contribution in [2.75, 3.05) is 25.2 Å². The number of amides is 3. The minimum atomic E-state index is -0.469. The standard InChI is InChI=1S/C23H26ClN5O3/c1-13-9-14(5-8-19(13)29-12-23(2,3)28-22(29)31)21(30)27-18(11-32-4)20-25-16-7-6-15(24)10-17(16)26-20/h5-10,18H,11-12H2,1-4H3,(H,25,26)(H,27,30)(H,28,31)/t18-/m0/s1. The van der Waals surface area contributed by atoms with E-state index >= 15 is 0 Å². The molecule has 0 unspecified atom stereocenters. The van der Waals surface area contributed by atoms with Crippen LogP contribution in [0.3, 0.4) is 0 Å². The molecule has 8 nitrogen and oxygen atoms in total. The number of hydrogen-bond donors (Lipinski definition) is 3. The molecule has 0 radical (unpaired) electrons. The molecule has 3 amide bonds. The molecule has 1 aliphatic heterocycles. The SMILES string of the molecule is COC[C@H](NC(=O)c1ccc(N2CC(C)(C)NC2=O)c(C)c1)c1nc2cc(Cl)ccc2[nH]1. The van der Waals surface area contributed by atoms with Gasteiger partial charge in [-0.05, 0) is 62.7 Å². The van der Waals surface area contributed by atoms with Gasteiger partial charge in [-0.1, -0.05) is 11.6 Å². The lowest BCUT2D eigenvalue weighted by atomic mass is 10.1. The normalized spacial score (nSPS) is 16.3. The van der Waals surface area contributed by atoms with Crippen LogP contribution >= 0.6 is 11.6 Å². The van der Waals surface area contributed by atoms with Crippen molar-refractivity contribution >= 4 is 40.3 Å². The van der Waals surface area contributed by atoms with E-state index in [2.05, 4.69) is 20.6 Å². The van der Waals surface area contributed by atoms with Crippen molar-refractivity contribution in [2.45, 2.75) is 32.4 Å². The van der Waals surface area contributed by atoms with Gasteiger partial charge < -0.3 is 20.4 Å². The van der Waals surface area contributed by atoms with Crippen molar-refractivity contribution in [1.29, 1.82) is 0 Å². The van der Waals surface area contributed by atoms with E-state index in [-0.39, 0.29) is 24.1 Å². The van der Waals surface area contributed by atoms with Crippen LogP contribution in [0.1, 0.15) is 41.6 Å². The number of rotatable bonds is 6. The zero-order valence-electron chi connectivity index (χ0n) is 18.5. The Morgan fingerprint density at radius 2 is 2.09 bits per heavy atom. The highest BCUT2D eigenvalue weighted by molar-refractivity contribution is 6.31. The Morgan fingerprint density at radius 1 is 1.31 bits per heavy atom.